The molecule has 2 aromatic rings. The second-order valence-electron chi connectivity index (χ2n) is 7.42. The normalized spacial score (nSPS) is 22.9. The van der Waals surface area contributed by atoms with Crippen LogP contribution in [0.1, 0.15) is 5.56 Å². The molecular weight excluding hydrogens is 340 g/mol. The third kappa shape index (κ3) is 3.26. The number of fused-ring (bicyclic) bond motifs is 1. The summed E-state index contributed by atoms with van der Waals surface area (Å²) in [5.41, 5.74) is 7.97. The maximum Gasteiger partial charge on any atom is 0.151 e. The Morgan fingerprint density at radius 3 is 2.44 bits per heavy atom. The molecule has 27 heavy (non-hydrogen) atoms. The number of hydrogen-bond donors (Lipinski definition) is 3. The first-order valence-electron chi connectivity index (χ1n) is 9.12. The number of nitrogens with one attached hydrogen (secondary N) is 1. The number of phenols is 1. The molecule has 4 N–H and O–H groups in total. The molecule has 0 amide bonds. The molecule has 0 bridgehead atoms. The summed E-state index contributed by atoms with van der Waals surface area (Å²) in [6.07, 6.45) is 2.51. The lowest BCUT2D eigenvalue weighted by Gasteiger charge is -2.19. The highest BCUT2D eigenvalue weighted by molar-refractivity contribution is 6.08. The van der Waals surface area contributed by atoms with Crippen LogP contribution < -0.4 is 10.6 Å². The quantitative estimate of drug-likeness (QED) is 0.715. The number of nitrogens with two attached hydrogens (primary N) is 1. The van der Waals surface area contributed by atoms with Gasteiger partial charge in [-0.25, -0.2) is 0 Å². The smallest absolute Gasteiger partial charge is 0.151 e. The summed E-state index contributed by atoms with van der Waals surface area (Å²) < 4.78 is 0. The largest absolute Gasteiger partial charge is 0.507 e. The molecule has 0 spiro atoms. The maximum atomic E-state index is 10.4. The Morgan fingerprint density at radius 2 is 1.89 bits per heavy atom. The van der Waals surface area contributed by atoms with Gasteiger partial charge in [0.1, 0.15) is 5.75 Å². The number of anilines is 1. The lowest BCUT2D eigenvalue weighted by molar-refractivity contribution is 0.387. The molecule has 2 unspecified atom stereocenters. The second kappa shape index (κ2) is 7.00. The first kappa shape index (κ1) is 17.5. The van der Waals surface area contributed by atoms with Crippen molar-refractivity contribution in [3.63, 3.8) is 0 Å². The lowest BCUT2D eigenvalue weighted by Crippen LogP contribution is -2.27. The van der Waals surface area contributed by atoms with E-state index in [2.05, 4.69) is 27.0 Å². The van der Waals surface area contributed by atoms with Crippen molar-refractivity contribution in [3.05, 3.63) is 42.1 Å². The van der Waals surface area contributed by atoms with Gasteiger partial charge in [0.25, 0.3) is 0 Å². The highest BCUT2D eigenvalue weighted by Gasteiger charge is 2.39. The zero-order valence-electron chi connectivity index (χ0n) is 15.3. The van der Waals surface area contributed by atoms with Crippen LogP contribution in [0.25, 0.3) is 16.8 Å². The van der Waals surface area contributed by atoms with E-state index < -0.39 is 0 Å². The van der Waals surface area contributed by atoms with E-state index >= 15 is 0 Å². The molecule has 2 atom stereocenters. The minimum absolute atomic E-state index is 0.0921. The van der Waals surface area contributed by atoms with Crippen LogP contribution in [0.15, 0.2) is 36.5 Å². The standard InChI is InChI=1S/C20H24N6O/c1-25-9-15-11-26(12-16(15)10-25)20-5-4-18(23-24-20)17-3-2-13(6-19(17)27)14(7-21)8-22/h2-8,15-16,21,27H,9-12,22H2,1H3. The van der Waals surface area contributed by atoms with Crippen molar-refractivity contribution in [1.82, 2.24) is 15.1 Å². The molecule has 7 heteroatoms. The molecule has 1 aromatic carbocycles. The van der Waals surface area contributed by atoms with Crippen LogP contribution in [-0.4, -0.2) is 59.6 Å². The average Bonchev–Trinajstić information content (AvgIpc) is 3.20. The summed E-state index contributed by atoms with van der Waals surface area (Å²) in [6, 6.07) is 9.05. The molecular formula is C20H24N6O. The summed E-state index contributed by atoms with van der Waals surface area (Å²) in [5, 5.41) is 26.5. The first-order chi connectivity index (χ1) is 13.1. The summed E-state index contributed by atoms with van der Waals surface area (Å²) in [6.45, 7) is 4.37. The number of aromatic nitrogens is 2. The Bertz CT molecular complexity index is 865. The van der Waals surface area contributed by atoms with Gasteiger partial charge in [-0.3, -0.25) is 0 Å². The number of allylic oxidation sites excluding steroid dienone is 1. The van der Waals surface area contributed by atoms with Crippen LogP contribution >= 0.6 is 0 Å². The van der Waals surface area contributed by atoms with Gasteiger partial charge in [0.05, 0.1) is 5.69 Å². The molecule has 4 rings (SSSR count). The lowest BCUT2D eigenvalue weighted by atomic mass is 10.0. The third-order valence-electron chi connectivity index (χ3n) is 5.59. The number of aromatic hydroxyl groups is 1. The number of nitrogens with zero attached hydrogens (tertiary/aromatic N) is 4. The molecule has 0 aliphatic carbocycles. The molecule has 3 heterocycles. The van der Waals surface area contributed by atoms with Gasteiger partial charge in [-0.05, 0) is 48.7 Å². The fraction of sp³-hybridized carbons (Fsp3) is 0.350. The minimum Gasteiger partial charge on any atom is -0.507 e. The predicted molar refractivity (Wildman–Crippen MR) is 107 cm³/mol. The van der Waals surface area contributed by atoms with Crippen molar-refractivity contribution in [1.29, 1.82) is 5.41 Å². The summed E-state index contributed by atoms with van der Waals surface area (Å²) in [7, 11) is 2.18. The second-order valence-corrected chi connectivity index (χ2v) is 7.42. The van der Waals surface area contributed by atoms with Crippen LogP contribution in [0.3, 0.4) is 0 Å². The molecule has 0 saturated carbocycles. The zero-order chi connectivity index (χ0) is 19.0. The van der Waals surface area contributed by atoms with Gasteiger partial charge in [-0.1, -0.05) is 6.07 Å². The SMILES string of the molecule is CN1CC2CN(c3ccc(-c4ccc(C(C=N)=CN)cc4O)nn3)CC2C1. The Labute approximate surface area is 158 Å². The summed E-state index contributed by atoms with van der Waals surface area (Å²) in [4.78, 5) is 4.71. The Morgan fingerprint density at radius 1 is 1.15 bits per heavy atom. The monoisotopic (exact) mass is 364 g/mol. The van der Waals surface area contributed by atoms with Crippen molar-refractivity contribution in [2.75, 3.05) is 38.1 Å². The van der Waals surface area contributed by atoms with Crippen molar-refractivity contribution in [2.24, 2.45) is 17.6 Å². The molecule has 140 valence electrons. The van der Waals surface area contributed by atoms with Gasteiger partial charge in [0.2, 0.25) is 0 Å². The van der Waals surface area contributed by atoms with Gasteiger partial charge in [-0.15, -0.1) is 10.2 Å². The van der Waals surface area contributed by atoms with Crippen molar-refractivity contribution < 1.29 is 5.11 Å². The number of hydrogen-bond acceptors (Lipinski definition) is 7. The van der Waals surface area contributed by atoms with Gasteiger partial charge in [0.15, 0.2) is 5.82 Å². The van der Waals surface area contributed by atoms with E-state index in [-0.39, 0.29) is 5.75 Å². The summed E-state index contributed by atoms with van der Waals surface area (Å²) >= 11 is 0. The fourth-order valence-electron chi connectivity index (χ4n) is 4.21. The van der Waals surface area contributed by atoms with E-state index in [9.17, 15) is 5.11 Å². The van der Waals surface area contributed by atoms with Gasteiger partial charge >= 0.3 is 0 Å². The number of benzene rings is 1. The maximum absolute atomic E-state index is 10.4. The average molecular weight is 364 g/mol. The number of likely N-dealkylation sites (tertiary alicyclic amines) is 1. The molecule has 2 fully saturated rings. The van der Waals surface area contributed by atoms with Crippen LogP contribution in [0.5, 0.6) is 5.75 Å². The van der Waals surface area contributed by atoms with E-state index in [1.54, 1.807) is 12.1 Å². The highest BCUT2D eigenvalue weighted by atomic mass is 16.3. The molecule has 1 aromatic heterocycles. The van der Waals surface area contributed by atoms with Crippen molar-refractivity contribution in [2.45, 2.75) is 0 Å². The van der Waals surface area contributed by atoms with E-state index in [0.717, 1.165) is 38.2 Å². The Hall–Kier alpha value is -2.93. The van der Waals surface area contributed by atoms with Crippen molar-refractivity contribution in [3.8, 4) is 17.0 Å². The molecule has 2 saturated heterocycles. The molecule has 0 radical (unpaired) electrons. The minimum atomic E-state index is 0.0921. The van der Waals surface area contributed by atoms with E-state index in [1.807, 2.05) is 18.2 Å². The van der Waals surface area contributed by atoms with Crippen LogP contribution in [-0.2, 0) is 0 Å². The topological polar surface area (TPSA) is 102 Å². The molecule has 2 aliphatic rings. The van der Waals surface area contributed by atoms with Gasteiger partial charge < -0.3 is 26.0 Å². The van der Waals surface area contributed by atoms with E-state index in [1.165, 1.54) is 6.20 Å². The van der Waals surface area contributed by atoms with Crippen LogP contribution in [0.2, 0.25) is 0 Å². The van der Waals surface area contributed by atoms with Gasteiger partial charge in [0, 0.05) is 49.7 Å². The molecule has 7 nitrogen and oxygen atoms in total. The van der Waals surface area contributed by atoms with E-state index in [0.29, 0.717) is 34.2 Å². The third-order valence-corrected chi connectivity index (χ3v) is 5.59. The highest BCUT2D eigenvalue weighted by Crippen LogP contribution is 2.34. The van der Waals surface area contributed by atoms with Crippen molar-refractivity contribution >= 4 is 17.6 Å². The number of rotatable bonds is 4. The first-order valence-corrected chi connectivity index (χ1v) is 9.12. The van der Waals surface area contributed by atoms with Gasteiger partial charge in [-0.2, -0.15) is 0 Å². The predicted octanol–water partition coefficient (Wildman–Crippen LogP) is 1.80. The van der Waals surface area contributed by atoms with Crippen LogP contribution in [0, 0.1) is 17.2 Å². The van der Waals surface area contributed by atoms with Crippen LogP contribution in [0.4, 0.5) is 5.82 Å². The fourth-order valence-corrected chi connectivity index (χ4v) is 4.21. The number of phenolic OH excluding ortho intramolecular Hbond substituents is 1. The zero-order valence-corrected chi connectivity index (χ0v) is 15.3. The Balaban J connectivity index is 1.52. The van der Waals surface area contributed by atoms with E-state index in [4.69, 9.17) is 11.1 Å². The Kier molecular flexibility index (Phi) is 4.53. The summed E-state index contributed by atoms with van der Waals surface area (Å²) in [5.74, 6) is 2.41. The molecule has 2 aliphatic heterocycles.